The molecule has 0 saturated heterocycles. The minimum absolute atomic E-state index is 0.101. The van der Waals surface area contributed by atoms with E-state index in [9.17, 15) is 13.5 Å². The fraction of sp³-hybridized carbons (Fsp3) is 0.571. The number of aliphatic hydroxyl groups is 1. The van der Waals surface area contributed by atoms with Crippen molar-refractivity contribution in [3.63, 3.8) is 0 Å². The summed E-state index contributed by atoms with van der Waals surface area (Å²) in [5, 5.41) is 10.4. The maximum atomic E-state index is 12.1. The molecule has 1 fully saturated rings. The molecule has 1 aliphatic carbocycles. The van der Waals surface area contributed by atoms with Crippen LogP contribution >= 0.6 is 0 Å². The van der Waals surface area contributed by atoms with E-state index in [1.807, 2.05) is 0 Å². The molecule has 2 N–H and O–H groups in total. The van der Waals surface area contributed by atoms with Crippen molar-refractivity contribution in [2.45, 2.75) is 49.0 Å². The number of rotatable bonds is 4. The zero-order valence-corrected chi connectivity index (χ0v) is 11.8. The lowest BCUT2D eigenvalue weighted by atomic mass is 9.95. The van der Waals surface area contributed by atoms with Crippen molar-refractivity contribution in [2.24, 2.45) is 0 Å². The molecule has 0 aliphatic heterocycles. The van der Waals surface area contributed by atoms with Crippen molar-refractivity contribution in [3.05, 3.63) is 30.3 Å². The molecule has 0 aromatic heterocycles. The van der Waals surface area contributed by atoms with Crippen LogP contribution in [0.4, 0.5) is 0 Å². The Morgan fingerprint density at radius 3 is 2.21 bits per heavy atom. The van der Waals surface area contributed by atoms with Crippen LogP contribution in [0.3, 0.4) is 0 Å². The lowest BCUT2D eigenvalue weighted by Crippen LogP contribution is -2.42. The van der Waals surface area contributed by atoms with E-state index in [0.29, 0.717) is 12.8 Å². The van der Waals surface area contributed by atoms with E-state index >= 15 is 0 Å². The number of nitrogens with one attached hydrogen (secondary N) is 1. The molecule has 19 heavy (non-hydrogen) atoms. The fourth-order valence-corrected chi connectivity index (χ4v) is 3.62. The van der Waals surface area contributed by atoms with Crippen molar-refractivity contribution < 1.29 is 13.5 Å². The van der Waals surface area contributed by atoms with Gasteiger partial charge in [0.1, 0.15) is 0 Å². The maximum Gasteiger partial charge on any atom is 0.240 e. The van der Waals surface area contributed by atoms with Crippen LogP contribution in [-0.2, 0) is 10.0 Å². The van der Waals surface area contributed by atoms with Gasteiger partial charge in [-0.3, -0.25) is 0 Å². The molecule has 1 aromatic carbocycles. The van der Waals surface area contributed by atoms with Crippen molar-refractivity contribution in [3.8, 4) is 0 Å². The average Bonchev–Trinajstić information content (AvgIpc) is 2.63. The quantitative estimate of drug-likeness (QED) is 0.831. The van der Waals surface area contributed by atoms with E-state index in [0.717, 1.165) is 25.7 Å². The second-order valence-electron chi connectivity index (χ2n) is 5.28. The van der Waals surface area contributed by atoms with Crippen LogP contribution in [0.5, 0.6) is 0 Å². The molecule has 2 rings (SSSR count). The number of hydrogen-bond donors (Lipinski definition) is 2. The zero-order valence-electron chi connectivity index (χ0n) is 11.0. The molecule has 1 aliphatic rings. The van der Waals surface area contributed by atoms with Crippen molar-refractivity contribution >= 4 is 10.0 Å². The van der Waals surface area contributed by atoms with Crippen LogP contribution in [0.25, 0.3) is 0 Å². The van der Waals surface area contributed by atoms with Crippen LogP contribution in [0, 0.1) is 0 Å². The van der Waals surface area contributed by atoms with Crippen LogP contribution in [0.2, 0.25) is 0 Å². The number of hydrogen-bond acceptors (Lipinski definition) is 3. The molecule has 4 nitrogen and oxygen atoms in total. The largest absolute Gasteiger partial charge is 0.389 e. The van der Waals surface area contributed by atoms with Crippen LogP contribution in [-0.4, -0.2) is 25.7 Å². The van der Waals surface area contributed by atoms with E-state index in [4.69, 9.17) is 0 Å². The van der Waals surface area contributed by atoms with Gasteiger partial charge >= 0.3 is 0 Å². The van der Waals surface area contributed by atoms with Crippen molar-refractivity contribution in [1.29, 1.82) is 0 Å². The van der Waals surface area contributed by atoms with Gasteiger partial charge in [0.05, 0.1) is 10.5 Å². The summed E-state index contributed by atoms with van der Waals surface area (Å²) in [6.45, 7) is 0.101. The molecule has 1 aromatic rings. The first kappa shape index (κ1) is 14.5. The van der Waals surface area contributed by atoms with Crippen molar-refractivity contribution in [2.75, 3.05) is 6.54 Å². The highest BCUT2D eigenvalue weighted by atomic mass is 32.2. The maximum absolute atomic E-state index is 12.1. The van der Waals surface area contributed by atoms with Crippen LogP contribution in [0.15, 0.2) is 35.2 Å². The Hall–Kier alpha value is -0.910. The fourth-order valence-electron chi connectivity index (χ4n) is 2.48. The standard InChI is InChI=1S/C14H21NO3S/c16-14(10-6-1-2-7-11-14)12-15-19(17,18)13-8-4-3-5-9-13/h3-5,8-9,15-16H,1-2,6-7,10-12H2. The molecule has 0 bridgehead atoms. The minimum atomic E-state index is -3.52. The second-order valence-corrected chi connectivity index (χ2v) is 7.04. The average molecular weight is 283 g/mol. The van der Waals surface area contributed by atoms with Gasteiger partial charge in [0, 0.05) is 6.54 Å². The van der Waals surface area contributed by atoms with Crippen molar-refractivity contribution in [1.82, 2.24) is 4.72 Å². The molecular formula is C14H21NO3S. The Morgan fingerprint density at radius 2 is 1.63 bits per heavy atom. The first-order valence-electron chi connectivity index (χ1n) is 6.79. The van der Waals surface area contributed by atoms with Crippen LogP contribution in [0.1, 0.15) is 38.5 Å². The topological polar surface area (TPSA) is 66.4 Å². The van der Waals surface area contributed by atoms with Gasteiger partial charge in [-0.15, -0.1) is 0 Å². The van der Waals surface area contributed by atoms with Gasteiger partial charge in [-0.25, -0.2) is 13.1 Å². The molecule has 5 heteroatoms. The number of sulfonamides is 1. The monoisotopic (exact) mass is 283 g/mol. The molecule has 106 valence electrons. The highest BCUT2D eigenvalue weighted by Crippen LogP contribution is 2.26. The van der Waals surface area contributed by atoms with Gasteiger partial charge in [-0.05, 0) is 25.0 Å². The van der Waals surface area contributed by atoms with Gasteiger partial charge < -0.3 is 5.11 Å². The van der Waals surface area contributed by atoms with Gasteiger partial charge in [-0.1, -0.05) is 43.9 Å². The van der Waals surface area contributed by atoms with E-state index in [1.54, 1.807) is 30.3 Å². The molecular weight excluding hydrogens is 262 g/mol. The Morgan fingerprint density at radius 1 is 1.05 bits per heavy atom. The Labute approximate surface area is 114 Å². The van der Waals surface area contributed by atoms with E-state index < -0.39 is 15.6 Å². The predicted molar refractivity (Wildman–Crippen MR) is 74.3 cm³/mol. The zero-order chi connectivity index (χ0) is 13.8. The Bertz CT molecular complexity index is 491. The van der Waals surface area contributed by atoms with Gasteiger partial charge in [0.25, 0.3) is 0 Å². The summed E-state index contributed by atoms with van der Waals surface area (Å²) >= 11 is 0. The lowest BCUT2D eigenvalue weighted by Gasteiger charge is -2.26. The Balaban J connectivity index is 2.01. The normalized spacial score (nSPS) is 19.8. The predicted octanol–water partition coefficient (Wildman–Crippen LogP) is 2.05. The summed E-state index contributed by atoms with van der Waals surface area (Å²) < 4.78 is 26.7. The van der Waals surface area contributed by atoms with Crippen LogP contribution < -0.4 is 4.72 Å². The van der Waals surface area contributed by atoms with Gasteiger partial charge in [0.2, 0.25) is 10.0 Å². The Kier molecular flexibility index (Phi) is 4.60. The summed E-state index contributed by atoms with van der Waals surface area (Å²) in [5.41, 5.74) is -0.891. The highest BCUT2D eigenvalue weighted by molar-refractivity contribution is 7.89. The lowest BCUT2D eigenvalue weighted by molar-refractivity contribution is 0.0303. The summed E-state index contributed by atoms with van der Waals surface area (Å²) in [6, 6.07) is 8.26. The van der Waals surface area contributed by atoms with Gasteiger partial charge in [0.15, 0.2) is 0 Å². The smallest absolute Gasteiger partial charge is 0.240 e. The minimum Gasteiger partial charge on any atom is -0.389 e. The molecule has 0 radical (unpaired) electrons. The molecule has 0 heterocycles. The first-order valence-corrected chi connectivity index (χ1v) is 8.27. The molecule has 0 unspecified atom stereocenters. The number of benzene rings is 1. The summed E-state index contributed by atoms with van der Waals surface area (Å²) in [6.07, 6.45) is 5.50. The molecule has 1 saturated carbocycles. The third-order valence-corrected chi connectivity index (χ3v) is 5.10. The summed E-state index contributed by atoms with van der Waals surface area (Å²) in [7, 11) is -3.52. The van der Waals surface area contributed by atoms with E-state index in [-0.39, 0.29) is 11.4 Å². The van der Waals surface area contributed by atoms with E-state index in [1.165, 1.54) is 0 Å². The summed E-state index contributed by atoms with van der Waals surface area (Å²) in [5.74, 6) is 0. The first-order chi connectivity index (χ1) is 9.02. The molecule has 0 amide bonds. The molecule has 0 spiro atoms. The summed E-state index contributed by atoms with van der Waals surface area (Å²) in [4.78, 5) is 0.243. The van der Waals surface area contributed by atoms with Gasteiger partial charge in [-0.2, -0.15) is 0 Å². The molecule has 0 atom stereocenters. The van der Waals surface area contributed by atoms with E-state index in [2.05, 4.69) is 4.72 Å². The third-order valence-electron chi connectivity index (χ3n) is 3.68. The highest BCUT2D eigenvalue weighted by Gasteiger charge is 2.29. The third kappa shape index (κ3) is 4.03. The second kappa shape index (κ2) is 6.03. The SMILES string of the molecule is O=S(=O)(NCC1(O)CCCCCC1)c1ccccc1.